The molecular weight excluding hydrogens is 168 g/mol. The van der Waals surface area contributed by atoms with Crippen molar-refractivity contribution in [1.82, 2.24) is 0 Å². The highest BCUT2D eigenvalue weighted by atomic mass is 16.6. The number of aliphatic hydroxyl groups is 1. The van der Waals surface area contributed by atoms with Crippen LogP contribution in [0.4, 0.5) is 0 Å². The van der Waals surface area contributed by atoms with Gasteiger partial charge >= 0.3 is 0 Å². The van der Waals surface area contributed by atoms with Gasteiger partial charge in [-0.2, -0.15) is 0 Å². The zero-order valence-corrected chi connectivity index (χ0v) is 9.54. The second-order valence-electron chi connectivity index (χ2n) is 2.15. The Labute approximate surface area is 82.1 Å². The van der Waals surface area contributed by atoms with Gasteiger partial charge in [0.1, 0.15) is 6.10 Å². The van der Waals surface area contributed by atoms with Gasteiger partial charge < -0.3 is 14.6 Å². The van der Waals surface area contributed by atoms with E-state index < -0.39 is 0 Å². The first-order valence-electron chi connectivity index (χ1n) is 5.13. The van der Waals surface area contributed by atoms with Gasteiger partial charge in [-0.25, -0.2) is 0 Å². The Bertz CT molecular complexity index is 76.2. The molecule has 0 aromatic rings. The molecule has 1 aliphatic rings. The molecule has 0 aromatic heterocycles. The van der Waals surface area contributed by atoms with Crippen LogP contribution in [-0.4, -0.2) is 37.6 Å². The van der Waals surface area contributed by atoms with Crippen molar-refractivity contribution < 1.29 is 14.6 Å². The highest BCUT2D eigenvalue weighted by Crippen LogP contribution is 2.14. The highest BCUT2D eigenvalue weighted by Gasteiger charge is 2.26. The van der Waals surface area contributed by atoms with Gasteiger partial charge in [-0.1, -0.05) is 27.7 Å². The topological polar surface area (TPSA) is 38.7 Å². The molecule has 82 valence electrons. The molecule has 0 aromatic carbocycles. The van der Waals surface area contributed by atoms with Crippen LogP contribution in [0, 0.1) is 0 Å². The molecule has 2 unspecified atom stereocenters. The van der Waals surface area contributed by atoms with Gasteiger partial charge in [0.2, 0.25) is 0 Å². The minimum Gasteiger partial charge on any atom is -0.394 e. The maximum absolute atomic E-state index is 8.66. The van der Waals surface area contributed by atoms with Crippen molar-refractivity contribution in [2.75, 3.05) is 20.3 Å². The molecule has 1 saturated heterocycles. The SMILES string of the molecule is CC.CC.COC1CCOC1CO. The highest BCUT2D eigenvalue weighted by molar-refractivity contribution is 4.75. The molecule has 1 heterocycles. The van der Waals surface area contributed by atoms with Crippen molar-refractivity contribution in [1.29, 1.82) is 0 Å². The zero-order chi connectivity index (χ0) is 10.7. The summed E-state index contributed by atoms with van der Waals surface area (Å²) < 4.78 is 10.2. The fourth-order valence-electron chi connectivity index (χ4n) is 1.07. The molecule has 0 aliphatic carbocycles. The van der Waals surface area contributed by atoms with E-state index in [4.69, 9.17) is 14.6 Å². The summed E-state index contributed by atoms with van der Waals surface area (Å²) in [6.07, 6.45) is 0.923. The summed E-state index contributed by atoms with van der Waals surface area (Å²) >= 11 is 0. The Morgan fingerprint density at radius 1 is 1.31 bits per heavy atom. The minimum atomic E-state index is -0.0880. The standard InChI is InChI=1S/C6H12O3.2C2H6/c1-8-5-2-3-9-6(5)4-7;2*1-2/h5-7H,2-4H2,1H3;2*1-2H3. The maximum atomic E-state index is 8.66. The third-order valence-electron chi connectivity index (χ3n) is 1.63. The van der Waals surface area contributed by atoms with E-state index in [1.54, 1.807) is 7.11 Å². The van der Waals surface area contributed by atoms with Crippen molar-refractivity contribution in [3.05, 3.63) is 0 Å². The van der Waals surface area contributed by atoms with Crippen molar-refractivity contribution in [3.63, 3.8) is 0 Å². The van der Waals surface area contributed by atoms with E-state index in [9.17, 15) is 0 Å². The lowest BCUT2D eigenvalue weighted by Crippen LogP contribution is -2.26. The third-order valence-corrected chi connectivity index (χ3v) is 1.63. The lowest BCUT2D eigenvalue weighted by Gasteiger charge is -2.12. The number of hydrogen-bond acceptors (Lipinski definition) is 3. The number of methoxy groups -OCH3 is 1. The van der Waals surface area contributed by atoms with Crippen LogP contribution in [0.25, 0.3) is 0 Å². The van der Waals surface area contributed by atoms with Crippen LogP contribution in [0.2, 0.25) is 0 Å². The van der Waals surface area contributed by atoms with Gasteiger partial charge in [0.15, 0.2) is 0 Å². The second-order valence-corrected chi connectivity index (χ2v) is 2.15. The smallest absolute Gasteiger partial charge is 0.107 e. The molecule has 3 heteroatoms. The predicted octanol–water partition coefficient (Wildman–Crippen LogP) is 1.83. The van der Waals surface area contributed by atoms with Crippen LogP contribution in [-0.2, 0) is 9.47 Å². The van der Waals surface area contributed by atoms with Crippen LogP contribution in [0.5, 0.6) is 0 Å². The Balaban J connectivity index is 0. The summed E-state index contributed by atoms with van der Waals surface area (Å²) in [6, 6.07) is 0. The Morgan fingerprint density at radius 2 is 1.85 bits per heavy atom. The summed E-state index contributed by atoms with van der Waals surface area (Å²) in [5.41, 5.74) is 0. The first-order valence-corrected chi connectivity index (χ1v) is 5.13. The van der Waals surface area contributed by atoms with Crippen LogP contribution >= 0.6 is 0 Å². The van der Waals surface area contributed by atoms with E-state index in [1.165, 1.54) is 0 Å². The average molecular weight is 192 g/mol. The quantitative estimate of drug-likeness (QED) is 0.725. The number of rotatable bonds is 2. The second kappa shape index (κ2) is 11.9. The molecule has 0 saturated carbocycles. The van der Waals surface area contributed by atoms with E-state index in [1.807, 2.05) is 27.7 Å². The van der Waals surface area contributed by atoms with Crippen molar-refractivity contribution in [2.45, 2.75) is 46.3 Å². The zero-order valence-electron chi connectivity index (χ0n) is 9.54. The maximum Gasteiger partial charge on any atom is 0.107 e. The first kappa shape index (κ1) is 15.4. The summed E-state index contributed by atoms with van der Waals surface area (Å²) in [5.74, 6) is 0. The summed E-state index contributed by atoms with van der Waals surface area (Å²) in [6.45, 7) is 8.78. The van der Waals surface area contributed by atoms with E-state index in [-0.39, 0.29) is 18.8 Å². The molecule has 1 rings (SSSR count). The largest absolute Gasteiger partial charge is 0.394 e. The van der Waals surface area contributed by atoms with Crippen LogP contribution in [0.1, 0.15) is 34.1 Å². The molecule has 2 atom stereocenters. The van der Waals surface area contributed by atoms with Crippen LogP contribution < -0.4 is 0 Å². The van der Waals surface area contributed by atoms with E-state index in [0.717, 1.165) is 6.42 Å². The van der Waals surface area contributed by atoms with E-state index >= 15 is 0 Å². The van der Waals surface area contributed by atoms with E-state index in [0.29, 0.717) is 6.61 Å². The van der Waals surface area contributed by atoms with E-state index in [2.05, 4.69) is 0 Å². The van der Waals surface area contributed by atoms with Crippen molar-refractivity contribution in [3.8, 4) is 0 Å². The van der Waals surface area contributed by atoms with Crippen molar-refractivity contribution in [2.24, 2.45) is 0 Å². The number of hydrogen-bond donors (Lipinski definition) is 1. The molecular formula is C10H24O3. The number of aliphatic hydroxyl groups excluding tert-OH is 1. The molecule has 0 bridgehead atoms. The predicted molar refractivity (Wildman–Crippen MR) is 54.9 cm³/mol. The van der Waals surface area contributed by atoms with Gasteiger partial charge in [0.05, 0.1) is 12.7 Å². The summed E-state index contributed by atoms with van der Waals surface area (Å²) in [5, 5.41) is 8.66. The molecule has 0 amide bonds. The minimum absolute atomic E-state index is 0.0680. The fraction of sp³-hybridized carbons (Fsp3) is 1.00. The third kappa shape index (κ3) is 6.02. The number of ether oxygens (including phenoxy) is 2. The van der Waals surface area contributed by atoms with Crippen LogP contribution in [0.15, 0.2) is 0 Å². The van der Waals surface area contributed by atoms with Gasteiger partial charge in [0.25, 0.3) is 0 Å². The normalized spacial score (nSPS) is 25.4. The lowest BCUT2D eigenvalue weighted by atomic mass is 10.2. The molecule has 13 heavy (non-hydrogen) atoms. The average Bonchev–Trinajstić information content (AvgIpc) is 2.70. The van der Waals surface area contributed by atoms with Crippen molar-refractivity contribution >= 4 is 0 Å². The van der Waals surface area contributed by atoms with Crippen LogP contribution in [0.3, 0.4) is 0 Å². The molecule has 0 spiro atoms. The van der Waals surface area contributed by atoms with Gasteiger partial charge in [-0.3, -0.25) is 0 Å². The lowest BCUT2D eigenvalue weighted by molar-refractivity contribution is -0.0146. The van der Waals surface area contributed by atoms with Gasteiger partial charge in [-0.15, -0.1) is 0 Å². The monoisotopic (exact) mass is 192 g/mol. The molecule has 1 N–H and O–H groups in total. The summed E-state index contributed by atoms with van der Waals surface area (Å²) in [4.78, 5) is 0. The molecule has 1 fully saturated rings. The Hall–Kier alpha value is -0.120. The molecule has 3 nitrogen and oxygen atoms in total. The molecule has 0 radical (unpaired) electrons. The fourth-order valence-corrected chi connectivity index (χ4v) is 1.07. The Morgan fingerprint density at radius 3 is 2.15 bits per heavy atom. The first-order chi connectivity index (χ1) is 6.38. The molecule has 1 aliphatic heterocycles. The van der Waals surface area contributed by atoms with Gasteiger partial charge in [0, 0.05) is 13.7 Å². The summed E-state index contributed by atoms with van der Waals surface area (Å²) in [7, 11) is 1.64. The Kier molecular flexibility index (Phi) is 14.0. The van der Waals surface area contributed by atoms with Gasteiger partial charge in [-0.05, 0) is 6.42 Å².